The van der Waals surface area contributed by atoms with E-state index in [-0.39, 0.29) is 29.2 Å². The van der Waals surface area contributed by atoms with E-state index >= 15 is 0 Å². The maximum absolute atomic E-state index is 12.1. The Kier molecular flexibility index (Phi) is 5.87. The Morgan fingerprint density at radius 3 is 2.38 bits per heavy atom. The van der Waals surface area contributed by atoms with Crippen LogP contribution < -0.4 is 4.72 Å². The molecule has 0 spiro atoms. The molecule has 0 aliphatic rings. The van der Waals surface area contributed by atoms with E-state index in [1.165, 1.54) is 24.3 Å². The lowest BCUT2D eigenvalue weighted by Crippen LogP contribution is -2.27. The minimum absolute atomic E-state index is 0.0368. The fourth-order valence-electron chi connectivity index (χ4n) is 1.60. The molecule has 7 nitrogen and oxygen atoms in total. The van der Waals surface area contributed by atoms with Gasteiger partial charge in [-0.1, -0.05) is 12.1 Å². The highest BCUT2D eigenvalue weighted by Gasteiger charge is 2.22. The fraction of sp³-hybridized carbons (Fsp3) is 0.417. The van der Waals surface area contributed by atoms with Gasteiger partial charge in [-0.3, -0.25) is 0 Å². The van der Waals surface area contributed by atoms with Crippen LogP contribution in [-0.4, -0.2) is 48.5 Å². The van der Waals surface area contributed by atoms with E-state index < -0.39 is 25.8 Å². The van der Waals surface area contributed by atoms with Crippen LogP contribution in [-0.2, 0) is 24.6 Å². The second-order valence-corrected chi connectivity index (χ2v) is 8.36. The van der Waals surface area contributed by atoms with Crippen molar-refractivity contribution in [1.82, 2.24) is 4.72 Å². The van der Waals surface area contributed by atoms with E-state index in [0.29, 0.717) is 0 Å². The lowest BCUT2D eigenvalue weighted by atomic mass is 10.2. The molecule has 1 rings (SSSR count). The Hall–Kier alpha value is -1.45. The van der Waals surface area contributed by atoms with Crippen molar-refractivity contribution in [3.8, 4) is 0 Å². The standard InChI is InChI=1S/C12H17NO6S2/c1-19-12(14)10-6-3-4-7-11(10)21(17,18)13-8-5-9-20(2,15)16/h3-4,6-7,13H,5,8-9H2,1-2H3. The van der Waals surface area contributed by atoms with Gasteiger partial charge in [-0.2, -0.15) is 0 Å². The van der Waals surface area contributed by atoms with Gasteiger partial charge in [0, 0.05) is 12.8 Å². The average molecular weight is 335 g/mol. The summed E-state index contributed by atoms with van der Waals surface area (Å²) >= 11 is 0. The molecule has 0 fully saturated rings. The number of benzene rings is 1. The van der Waals surface area contributed by atoms with Crippen molar-refractivity contribution in [2.45, 2.75) is 11.3 Å². The molecular formula is C12H17NO6S2. The van der Waals surface area contributed by atoms with Gasteiger partial charge in [-0.25, -0.2) is 26.4 Å². The van der Waals surface area contributed by atoms with Gasteiger partial charge in [0.1, 0.15) is 9.84 Å². The summed E-state index contributed by atoms with van der Waals surface area (Å²) in [7, 11) is -5.89. The molecule has 0 heterocycles. The minimum Gasteiger partial charge on any atom is -0.465 e. The highest BCUT2D eigenvalue weighted by atomic mass is 32.2. The topological polar surface area (TPSA) is 107 Å². The average Bonchev–Trinajstić information content (AvgIpc) is 2.42. The number of carbonyl (C=O) groups excluding carboxylic acids is 1. The van der Waals surface area contributed by atoms with E-state index in [1.807, 2.05) is 0 Å². The number of hydrogen-bond donors (Lipinski definition) is 1. The molecule has 0 radical (unpaired) electrons. The normalized spacial score (nSPS) is 12.1. The number of ether oxygens (including phenoxy) is 1. The van der Waals surface area contributed by atoms with E-state index in [9.17, 15) is 21.6 Å². The second-order valence-electron chi connectivity index (χ2n) is 4.37. The Bertz CT molecular complexity index is 709. The highest BCUT2D eigenvalue weighted by Crippen LogP contribution is 2.16. The largest absolute Gasteiger partial charge is 0.465 e. The van der Waals surface area contributed by atoms with Crippen LogP contribution >= 0.6 is 0 Å². The molecule has 0 saturated heterocycles. The van der Waals surface area contributed by atoms with Gasteiger partial charge < -0.3 is 4.74 Å². The molecule has 0 aliphatic carbocycles. The first-order valence-electron chi connectivity index (χ1n) is 6.02. The first-order valence-corrected chi connectivity index (χ1v) is 9.56. The first kappa shape index (κ1) is 17.6. The summed E-state index contributed by atoms with van der Waals surface area (Å²) < 4.78 is 53.0. The summed E-state index contributed by atoms with van der Waals surface area (Å²) in [5, 5.41) is 0. The lowest BCUT2D eigenvalue weighted by molar-refractivity contribution is 0.0596. The summed E-state index contributed by atoms with van der Waals surface area (Å²) in [4.78, 5) is 11.4. The third kappa shape index (κ3) is 5.44. The summed E-state index contributed by atoms with van der Waals surface area (Å²) in [6, 6.07) is 5.63. The number of hydrogen-bond acceptors (Lipinski definition) is 6. The van der Waals surface area contributed by atoms with Crippen molar-refractivity contribution in [2.75, 3.05) is 25.7 Å². The fourth-order valence-corrected chi connectivity index (χ4v) is 3.53. The van der Waals surface area contributed by atoms with Gasteiger partial charge in [0.15, 0.2) is 0 Å². The number of sulfone groups is 1. The smallest absolute Gasteiger partial charge is 0.339 e. The minimum atomic E-state index is -3.91. The summed E-state index contributed by atoms with van der Waals surface area (Å²) in [6.07, 6.45) is 1.23. The Labute approximate surface area is 124 Å². The zero-order chi connectivity index (χ0) is 16.1. The van der Waals surface area contributed by atoms with Gasteiger partial charge >= 0.3 is 5.97 Å². The van der Waals surface area contributed by atoms with E-state index in [4.69, 9.17) is 0 Å². The molecule has 21 heavy (non-hydrogen) atoms. The van der Waals surface area contributed by atoms with Crippen LogP contribution in [0.5, 0.6) is 0 Å². The van der Waals surface area contributed by atoms with Gasteiger partial charge in [0.2, 0.25) is 10.0 Å². The molecule has 0 unspecified atom stereocenters. The van der Waals surface area contributed by atoms with E-state index in [1.54, 1.807) is 0 Å². The zero-order valence-electron chi connectivity index (χ0n) is 11.7. The molecule has 0 saturated carbocycles. The number of nitrogens with one attached hydrogen (secondary N) is 1. The molecule has 0 atom stereocenters. The molecule has 0 aromatic heterocycles. The number of carbonyl (C=O) groups is 1. The Morgan fingerprint density at radius 1 is 1.19 bits per heavy atom. The van der Waals surface area contributed by atoms with Crippen molar-refractivity contribution in [2.24, 2.45) is 0 Å². The van der Waals surface area contributed by atoms with Crippen molar-refractivity contribution in [1.29, 1.82) is 0 Å². The molecule has 118 valence electrons. The van der Waals surface area contributed by atoms with Crippen LogP contribution in [0.3, 0.4) is 0 Å². The zero-order valence-corrected chi connectivity index (χ0v) is 13.3. The third-order valence-electron chi connectivity index (χ3n) is 2.57. The summed E-state index contributed by atoms with van der Waals surface area (Å²) in [5.74, 6) is -0.874. The number of rotatable bonds is 7. The maximum Gasteiger partial charge on any atom is 0.339 e. The second kappa shape index (κ2) is 7.01. The van der Waals surface area contributed by atoms with Gasteiger partial charge in [0.05, 0.1) is 23.3 Å². The SMILES string of the molecule is COC(=O)c1ccccc1S(=O)(=O)NCCCS(C)(=O)=O. The van der Waals surface area contributed by atoms with Crippen LogP contribution in [0.4, 0.5) is 0 Å². The molecule has 1 aromatic rings. The van der Waals surface area contributed by atoms with E-state index in [2.05, 4.69) is 9.46 Å². The molecule has 0 bridgehead atoms. The molecule has 1 N–H and O–H groups in total. The maximum atomic E-state index is 12.1. The molecular weight excluding hydrogens is 318 g/mol. The highest BCUT2D eigenvalue weighted by molar-refractivity contribution is 7.90. The number of methoxy groups -OCH3 is 1. The van der Waals surface area contributed by atoms with Crippen molar-refractivity contribution < 1.29 is 26.4 Å². The van der Waals surface area contributed by atoms with Crippen LogP contribution in [0.15, 0.2) is 29.2 Å². The van der Waals surface area contributed by atoms with Crippen molar-refractivity contribution in [3.05, 3.63) is 29.8 Å². The predicted octanol–water partition coefficient (Wildman–Crippen LogP) is 0.186. The molecule has 0 aliphatic heterocycles. The van der Waals surface area contributed by atoms with Gasteiger partial charge in [-0.15, -0.1) is 0 Å². The van der Waals surface area contributed by atoms with Crippen LogP contribution in [0.25, 0.3) is 0 Å². The lowest BCUT2D eigenvalue weighted by Gasteiger charge is -2.10. The van der Waals surface area contributed by atoms with Crippen LogP contribution in [0.1, 0.15) is 16.8 Å². The Balaban J connectivity index is 2.86. The van der Waals surface area contributed by atoms with Crippen molar-refractivity contribution in [3.63, 3.8) is 0 Å². The quantitative estimate of drug-likeness (QED) is 0.563. The monoisotopic (exact) mass is 335 g/mol. The summed E-state index contributed by atoms with van der Waals surface area (Å²) in [5.41, 5.74) is -0.0735. The summed E-state index contributed by atoms with van der Waals surface area (Å²) in [6.45, 7) is -0.0368. The molecule has 1 aromatic carbocycles. The van der Waals surface area contributed by atoms with Crippen LogP contribution in [0, 0.1) is 0 Å². The van der Waals surface area contributed by atoms with Crippen LogP contribution in [0.2, 0.25) is 0 Å². The molecule has 9 heteroatoms. The molecule has 0 amide bonds. The number of esters is 1. The van der Waals surface area contributed by atoms with Gasteiger partial charge in [0.25, 0.3) is 0 Å². The van der Waals surface area contributed by atoms with Crippen molar-refractivity contribution >= 4 is 25.8 Å². The van der Waals surface area contributed by atoms with Gasteiger partial charge in [-0.05, 0) is 18.6 Å². The predicted molar refractivity (Wildman–Crippen MR) is 77.3 cm³/mol. The van der Waals surface area contributed by atoms with E-state index in [0.717, 1.165) is 13.4 Å². The third-order valence-corrected chi connectivity index (χ3v) is 5.12. The first-order chi connectivity index (χ1) is 9.67. The number of sulfonamides is 1. The Morgan fingerprint density at radius 2 is 1.81 bits per heavy atom.